The molecule has 1 heterocycles. The lowest BCUT2D eigenvalue weighted by Crippen LogP contribution is -2.15. The number of halogens is 1. The maximum absolute atomic E-state index is 12.1. The van der Waals surface area contributed by atoms with Crippen LogP contribution in [0.4, 0.5) is 5.13 Å². The number of hydrogen-bond donors (Lipinski definition) is 1. The predicted octanol–water partition coefficient (Wildman–Crippen LogP) is 3.63. The summed E-state index contributed by atoms with van der Waals surface area (Å²) in [5.41, 5.74) is 0.549. The van der Waals surface area contributed by atoms with Crippen molar-refractivity contribution in [2.75, 3.05) is 4.72 Å². The first-order valence-electron chi connectivity index (χ1n) is 6.10. The maximum atomic E-state index is 12.1. The first kappa shape index (κ1) is 16.5. The summed E-state index contributed by atoms with van der Waals surface area (Å²) in [5, 5.41) is 8.85. The monoisotopic (exact) mass is 363 g/mol. The number of benzene rings is 1. The van der Waals surface area contributed by atoms with Crippen LogP contribution in [0, 0.1) is 0 Å². The molecule has 9 heteroatoms. The van der Waals surface area contributed by atoms with E-state index in [1.807, 2.05) is 13.8 Å². The van der Waals surface area contributed by atoms with Crippen molar-refractivity contribution in [2.24, 2.45) is 0 Å². The summed E-state index contributed by atoms with van der Waals surface area (Å²) in [7, 11) is -3.56. The minimum Gasteiger partial charge on any atom is -0.257 e. The third-order valence-corrected chi connectivity index (χ3v) is 5.91. The van der Waals surface area contributed by atoms with Crippen molar-refractivity contribution < 1.29 is 8.42 Å². The van der Waals surface area contributed by atoms with Crippen LogP contribution in [0.5, 0.6) is 0 Å². The molecule has 0 atom stereocenters. The number of sulfonamides is 1. The largest absolute Gasteiger partial charge is 0.257 e. The minimum absolute atomic E-state index is 0.196. The summed E-state index contributed by atoms with van der Waals surface area (Å²) < 4.78 is 27.4. The van der Waals surface area contributed by atoms with E-state index in [4.69, 9.17) is 11.6 Å². The van der Waals surface area contributed by atoms with Crippen LogP contribution in [0.1, 0.15) is 19.4 Å². The topological polar surface area (TPSA) is 72.0 Å². The Morgan fingerprint density at radius 3 is 2.71 bits per heavy atom. The molecule has 1 aromatic heterocycles. The maximum Gasteiger partial charge on any atom is 0.238 e. The molecule has 0 spiro atoms. The molecule has 5 nitrogen and oxygen atoms in total. The molecule has 0 radical (unpaired) electrons. The smallest absolute Gasteiger partial charge is 0.238 e. The molecule has 114 valence electrons. The van der Waals surface area contributed by atoms with Gasteiger partial charge in [-0.25, -0.2) is 8.42 Å². The van der Waals surface area contributed by atoms with Crippen LogP contribution in [-0.2, 0) is 15.8 Å². The number of nitrogens with zero attached hydrogens (tertiary/aromatic N) is 2. The Kier molecular flexibility index (Phi) is 5.48. The van der Waals surface area contributed by atoms with Gasteiger partial charge in [0.05, 0.1) is 5.75 Å². The molecule has 2 aromatic rings. The molecule has 0 unspecified atom stereocenters. The molecule has 21 heavy (non-hydrogen) atoms. The van der Waals surface area contributed by atoms with Crippen LogP contribution in [0.15, 0.2) is 28.6 Å². The molecule has 0 saturated carbocycles. The average Bonchev–Trinajstić information content (AvgIpc) is 2.77. The number of nitrogens with one attached hydrogen (secondary N) is 1. The molecule has 2 rings (SSSR count). The van der Waals surface area contributed by atoms with Gasteiger partial charge >= 0.3 is 0 Å². The van der Waals surface area contributed by atoms with E-state index in [9.17, 15) is 8.42 Å². The van der Waals surface area contributed by atoms with Gasteiger partial charge in [0.2, 0.25) is 15.2 Å². The van der Waals surface area contributed by atoms with Crippen molar-refractivity contribution >= 4 is 49.9 Å². The Balaban J connectivity index is 2.07. The quantitative estimate of drug-likeness (QED) is 0.793. The summed E-state index contributed by atoms with van der Waals surface area (Å²) in [6.07, 6.45) is 0. The fraction of sp³-hybridized carbons (Fsp3) is 0.333. The van der Waals surface area contributed by atoms with Crippen molar-refractivity contribution in [3.05, 3.63) is 34.9 Å². The molecule has 0 amide bonds. The Labute approximate surface area is 137 Å². The van der Waals surface area contributed by atoms with Crippen LogP contribution in [0.2, 0.25) is 5.02 Å². The third kappa shape index (κ3) is 5.14. The number of thioether (sulfide) groups is 1. The lowest BCUT2D eigenvalue weighted by atomic mass is 10.2. The van der Waals surface area contributed by atoms with Gasteiger partial charge in [0.25, 0.3) is 0 Å². The van der Waals surface area contributed by atoms with Crippen LogP contribution < -0.4 is 4.72 Å². The molecular weight excluding hydrogens is 350 g/mol. The lowest BCUT2D eigenvalue weighted by molar-refractivity contribution is 0.600. The van der Waals surface area contributed by atoms with Gasteiger partial charge in [-0.3, -0.25) is 4.72 Å². The highest BCUT2D eigenvalue weighted by Gasteiger charge is 2.16. The molecule has 0 aliphatic heterocycles. The first-order valence-corrected chi connectivity index (χ1v) is 9.82. The molecule has 0 saturated heterocycles. The van der Waals surface area contributed by atoms with Gasteiger partial charge in [-0.15, -0.1) is 10.2 Å². The van der Waals surface area contributed by atoms with Crippen LogP contribution in [-0.4, -0.2) is 23.9 Å². The van der Waals surface area contributed by atoms with E-state index in [1.165, 1.54) is 11.3 Å². The standard InChI is InChI=1S/C12H14ClN3O2S3/c1-8(2)19-12-15-14-11(20-12)16-21(17,18)7-9-5-3-4-6-10(9)13/h3-6,8H,7H2,1-2H3,(H,14,16). The number of aromatic nitrogens is 2. The molecule has 0 aliphatic carbocycles. The van der Waals surface area contributed by atoms with Gasteiger partial charge in [-0.2, -0.15) is 0 Å². The summed E-state index contributed by atoms with van der Waals surface area (Å²) >= 11 is 8.73. The summed E-state index contributed by atoms with van der Waals surface area (Å²) in [6.45, 7) is 4.07. The molecule has 0 bridgehead atoms. The van der Waals surface area contributed by atoms with Gasteiger partial charge in [0.15, 0.2) is 4.34 Å². The summed E-state index contributed by atoms with van der Waals surface area (Å²) in [6, 6.07) is 6.85. The minimum atomic E-state index is -3.56. The third-order valence-electron chi connectivity index (χ3n) is 2.29. The Bertz CT molecular complexity index is 716. The predicted molar refractivity (Wildman–Crippen MR) is 88.6 cm³/mol. The molecule has 0 fully saturated rings. The van der Waals surface area contributed by atoms with Crippen molar-refractivity contribution in [1.29, 1.82) is 0 Å². The average molecular weight is 364 g/mol. The normalized spacial score (nSPS) is 11.8. The Morgan fingerprint density at radius 2 is 2.05 bits per heavy atom. The number of anilines is 1. The SMILES string of the molecule is CC(C)Sc1nnc(NS(=O)(=O)Cc2ccccc2Cl)s1. The highest BCUT2D eigenvalue weighted by atomic mass is 35.5. The zero-order valence-corrected chi connectivity index (χ0v) is 14.6. The van der Waals surface area contributed by atoms with Crippen molar-refractivity contribution in [2.45, 2.75) is 29.2 Å². The van der Waals surface area contributed by atoms with Crippen LogP contribution >= 0.6 is 34.7 Å². The number of hydrogen-bond acceptors (Lipinski definition) is 6. The second-order valence-electron chi connectivity index (χ2n) is 4.49. The highest BCUT2D eigenvalue weighted by Crippen LogP contribution is 2.29. The van der Waals surface area contributed by atoms with Gasteiger partial charge < -0.3 is 0 Å². The van der Waals surface area contributed by atoms with E-state index in [1.54, 1.807) is 36.0 Å². The zero-order chi connectivity index (χ0) is 15.5. The molecule has 1 aromatic carbocycles. The van der Waals surface area contributed by atoms with E-state index in [2.05, 4.69) is 14.9 Å². The van der Waals surface area contributed by atoms with Crippen molar-refractivity contribution in [1.82, 2.24) is 10.2 Å². The van der Waals surface area contributed by atoms with E-state index < -0.39 is 10.0 Å². The summed E-state index contributed by atoms with van der Waals surface area (Å²) in [5.74, 6) is -0.196. The van der Waals surface area contributed by atoms with Gasteiger partial charge in [0, 0.05) is 10.3 Å². The fourth-order valence-corrected chi connectivity index (χ4v) is 5.19. The van der Waals surface area contributed by atoms with E-state index in [0.29, 0.717) is 15.8 Å². The van der Waals surface area contributed by atoms with Gasteiger partial charge in [0.1, 0.15) is 0 Å². The fourth-order valence-electron chi connectivity index (χ4n) is 1.49. The van der Waals surface area contributed by atoms with Gasteiger partial charge in [-0.05, 0) is 11.6 Å². The molecule has 1 N–H and O–H groups in total. The van der Waals surface area contributed by atoms with Crippen LogP contribution in [0.25, 0.3) is 0 Å². The Morgan fingerprint density at radius 1 is 1.33 bits per heavy atom. The Hall–Kier alpha value is -0.830. The van der Waals surface area contributed by atoms with Gasteiger partial charge in [-0.1, -0.05) is 66.7 Å². The number of rotatable bonds is 6. The molecular formula is C12H14ClN3O2S3. The molecule has 0 aliphatic rings. The van der Waals surface area contributed by atoms with Crippen LogP contribution in [0.3, 0.4) is 0 Å². The lowest BCUT2D eigenvalue weighted by Gasteiger charge is -2.06. The van der Waals surface area contributed by atoms with E-state index in [-0.39, 0.29) is 10.9 Å². The summed E-state index contributed by atoms with van der Waals surface area (Å²) in [4.78, 5) is 0. The van der Waals surface area contributed by atoms with Crippen molar-refractivity contribution in [3.8, 4) is 0 Å². The van der Waals surface area contributed by atoms with Crippen molar-refractivity contribution in [3.63, 3.8) is 0 Å². The second-order valence-corrected chi connectivity index (χ2v) is 9.42. The first-order chi connectivity index (χ1) is 9.85. The highest BCUT2D eigenvalue weighted by molar-refractivity contribution is 8.01. The van der Waals surface area contributed by atoms with E-state index in [0.717, 1.165) is 4.34 Å². The van der Waals surface area contributed by atoms with E-state index >= 15 is 0 Å². The second kappa shape index (κ2) is 6.95. The zero-order valence-electron chi connectivity index (χ0n) is 11.4.